The van der Waals surface area contributed by atoms with Crippen molar-refractivity contribution < 1.29 is 27.1 Å². The predicted molar refractivity (Wildman–Crippen MR) is 64.8 cm³/mol. The van der Waals surface area contributed by atoms with E-state index in [1.807, 2.05) is 0 Å². The van der Waals surface area contributed by atoms with Crippen LogP contribution in [0, 0.1) is 11.6 Å². The van der Waals surface area contributed by atoms with Gasteiger partial charge in [0.1, 0.15) is 4.90 Å². The number of halogens is 2. The van der Waals surface area contributed by atoms with Gasteiger partial charge in [-0.15, -0.1) is 0 Å². The van der Waals surface area contributed by atoms with E-state index in [1.54, 1.807) is 6.92 Å². The SMILES string of the molecule is C=C(CC)CS(=O)(=O)c1cc(C(=O)O)cc(F)c1F. The molecule has 104 valence electrons. The largest absolute Gasteiger partial charge is 0.478 e. The molecule has 0 fully saturated rings. The number of rotatable bonds is 5. The number of carboxylic acid groups (broad SMARTS) is 1. The molecule has 0 unspecified atom stereocenters. The summed E-state index contributed by atoms with van der Waals surface area (Å²) in [6.45, 7) is 5.15. The van der Waals surface area contributed by atoms with Crippen molar-refractivity contribution >= 4 is 15.8 Å². The van der Waals surface area contributed by atoms with Crippen molar-refractivity contribution in [2.75, 3.05) is 5.75 Å². The van der Waals surface area contributed by atoms with E-state index in [0.29, 0.717) is 24.1 Å². The summed E-state index contributed by atoms with van der Waals surface area (Å²) in [5.41, 5.74) is -0.305. The van der Waals surface area contributed by atoms with Crippen LogP contribution in [-0.2, 0) is 9.84 Å². The summed E-state index contributed by atoms with van der Waals surface area (Å²) < 4.78 is 50.5. The molecule has 1 aromatic carbocycles. The van der Waals surface area contributed by atoms with Gasteiger partial charge in [0.15, 0.2) is 21.5 Å². The molecule has 0 spiro atoms. The normalized spacial score (nSPS) is 11.3. The maximum atomic E-state index is 13.5. The Morgan fingerprint density at radius 2 is 1.95 bits per heavy atom. The zero-order valence-corrected chi connectivity index (χ0v) is 10.9. The summed E-state index contributed by atoms with van der Waals surface area (Å²) in [6, 6.07) is 1.05. The minimum Gasteiger partial charge on any atom is -0.478 e. The van der Waals surface area contributed by atoms with Gasteiger partial charge in [0.2, 0.25) is 0 Å². The number of benzene rings is 1. The molecule has 0 radical (unpaired) electrons. The molecule has 0 saturated carbocycles. The van der Waals surface area contributed by atoms with Crippen LogP contribution in [0.2, 0.25) is 0 Å². The van der Waals surface area contributed by atoms with Crippen molar-refractivity contribution in [3.05, 3.63) is 41.5 Å². The molecule has 4 nitrogen and oxygen atoms in total. The Hall–Kier alpha value is -1.76. The van der Waals surface area contributed by atoms with E-state index in [9.17, 15) is 22.0 Å². The maximum absolute atomic E-state index is 13.5. The van der Waals surface area contributed by atoms with Crippen LogP contribution in [0.25, 0.3) is 0 Å². The molecule has 7 heteroatoms. The van der Waals surface area contributed by atoms with Crippen LogP contribution >= 0.6 is 0 Å². The molecule has 0 aromatic heterocycles. The lowest BCUT2D eigenvalue weighted by atomic mass is 10.2. The Kier molecular flexibility index (Phi) is 4.41. The van der Waals surface area contributed by atoms with E-state index in [2.05, 4.69) is 6.58 Å². The predicted octanol–water partition coefficient (Wildman–Crippen LogP) is 2.40. The fourth-order valence-electron chi connectivity index (χ4n) is 1.36. The van der Waals surface area contributed by atoms with E-state index in [1.165, 1.54) is 0 Å². The molecule has 1 rings (SSSR count). The van der Waals surface area contributed by atoms with E-state index in [-0.39, 0.29) is 0 Å². The summed E-state index contributed by atoms with van der Waals surface area (Å²) in [4.78, 5) is 9.76. The van der Waals surface area contributed by atoms with Gasteiger partial charge in [0, 0.05) is 0 Å². The van der Waals surface area contributed by atoms with Crippen LogP contribution in [0.15, 0.2) is 29.2 Å². The molecule has 1 N–H and O–H groups in total. The first-order chi connectivity index (χ1) is 8.69. The Balaban J connectivity index is 3.41. The highest BCUT2D eigenvalue weighted by molar-refractivity contribution is 7.91. The minimum atomic E-state index is -4.16. The molecule has 0 amide bonds. The van der Waals surface area contributed by atoms with Crippen molar-refractivity contribution in [3.63, 3.8) is 0 Å². The Morgan fingerprint density at radius 1 is 1.37 bits per heavy atom. The first-order valence-electron chi connectivity index (χ1n) is 5.30. The lowest BCUT2D eigenvalue weighted by Crippen LogP contribution is -2.13. The highest BCUT2D eigenvalue weighted by Gasteiger charge is 2.25. The van der Waals surface area contributed by atoms with E-state index >= 15 is 0 Å². The summed E-state index contributed by atoms with van der Waals surface area (Å²) >= 11 is 0. The van der Waals surface area contributed by atoms with Crippen LogP contribution < -0.4 is 0 Å². The Bertz CT molecular complexity index is 635. The van der Waals surface area contributed by atoms with Crippen molar-refractivity contribution in [1.29, 1.82) is 0 Å². The quantitative estimate of drug-likeness (QED) is 0.845. The summed E-state index contributed by atoms with van der Waals surface area (Å²) in [5, 5.41) is 8.72. The maximum Gasteiger partial charge on any atom is 0.335 e. The van der Waals surface area contributed by atoms with Crippen molar-refractivity contribution in [2.45, 2.75) is 18.2 Å². The van der Waals surface area contributed by atoms with Crippen LogP contribution in [0.3, 0.4) is 0 Å². The van der Waals surface area contributed by atoms with Crippen LogP contribution in [0.4, 0.5) is 8.78 Å². The van der Waals surface area contributed by atoms with Gasteiger partial charge in [-0.05, 0) is 18.6 Å². The number of hydrogen-bond acceptors (Lipinski definition) is 3. The zero-order valence-electron chi connectivity index (χ0n) is 10.1. The molecule has 1 aromatic rings. The van der Waals surface area contributed by atoms with Gasteiger partial charge in [-0.2, -0.15) is 0 Å². The molecular formula is C12H12F2O4S. The number of sulfone groups is 1. The molecule has 0 aliphatic carbocycles. The topological polar surface area (TPSA) is 71.4 Å². The zero-order chi connectivity index (χ0) is 14.8. The molecular weight excluding hydrogens is 278 g/mol. The van der Waals surface area contributed by atoms with Gasteiger partial charge in [-0.3, -0.25) is 0 Å². The molecule has 0 heterocycles. The first-order valence-corrected chi connectivity index (χ1v) is 6.96. The van der Waals surface area contributed by atoms with Gasteiger partial charge in [-0.1, -0.05) is 19.1 Å². The summed E-state index contributed by atoms with van der Waals surface area (Å²) in [5.74, 6) is -5.18. The Labute approximate surface area is 109 Å². The van der Waals surface area contributed by atoms with Gasteiger partial charge < -0.3 is 5.11 Å². The molecule has 0 saturated heterocycles. The molecule has 0 aliphatic rings. The van der Waals surface area contributed by atoms with E-state index < -0.39 is 43.7 Å². The number of aromatic carboxylic acids is 1. The standard InChI is InChI=1S/C12H12F2O4S/c1-3-7(2)6-19(17,18)10-5-8(12(15)16)4-9(13)11(10)14/h4-5H,2-3,6H2,1H3,(H,15,16). The monoisotopic (exact) mass is 290 g/mol. The van der Waals surface area contributed by atoms with Crippen LogP contribution in [-0.4, -0.2) is 25.2 Å². The van der Waals surface area contributed by atoms with Crippen LogP contribution in [0.1, 0.15) is 23.7 Å². The second-order valence-electron chi connectivity index (χ2n) is 3.94. The highest BCUT2D eigenvalue weighted by Crippen LogP contribution is 2.22. The average molecular weight is 290 g/mol. The fourth-order valence-corrected chi connectivity index (χ4v) is 2.94. The lowest BCUT2D eigenvalue weighted by Gasteiger charge is -2.08. The first kappa shape index (κ1) is 15.3. The van der Waals surface area contributed by atoms with Crippen molar-refractivity contribution in [1.82, 2.24) is 0 Å². The smallest absolute Gasteiger partial charge is 0.335 e. The second-order valence-corrected chi connectivity index (χ2v) is 5.90. The second kappa shape index (κ2) is 5.48. The third-order valence-corrected chi connectivity index (χ3v) is 4.23. The summed E-state index contributed by atoms with van der Waals surface area (Å²) in [6.07, 6.45) is 0.363. The number of carbonyl (C=O) groups is 1. The van der Waals surface area contributed by atoms with Crippen molar-refractivity contribution in [3.8, 4) is 0 Å². The number of carboxylic acids is 1. The van der Waals surface area contributed by atoms with Crippen LogP contribution in [0.5, 0.6) is 0 Å². The van der Waals surface area contributed by atoms with Crippen molar-refractivity contribution in [2.24, 2.45) is 0 Å². The van der Waals surface area contributed by atoms with Gasteiger partial charge in [-0.25, -0.2) is 22.0 Å². The lowest BCUT2D eigenvalue weighted by molar-refractivity contribution is 0.0696. The molecule has 0 aliphatic heterocycles. The summed E-state index contributed by atoms with van der Waals surface area (Å²) in [7, 11) is -4.16. The van der Waals surface area contributed by atoms with Gasteiger partial charge >= 0.3 is 5.97 Å². The van der Waals surface area contributed by atoms with Gasteiger partial charge in [0.05, 0.1) is 11.3 Å². The molecule has 0 atom stereocenters. The number of hydrogen-bond donors (Lipinski definition) is 1. The minimum absolute atomic E-state index is 0.320. The third-order valence-electron chi connectivity index (χ3n) is 2.47. The third kappa shape index (κ3) is 3.37. The van der Waals surface area contributed by atoms with E-state index in [0.717, 1.165) is 0 Å². The van der Waals surface area contributed by atoms with Gasteiger partial charge in [0.25, 0.3) is 0 Å². The highest BCUT2D eigenvalue weighted by atomic mass is 32.2. The Morgan fingerprint density at radius 3 is 2.42 bits per heavy atom. The molecule has 0 bridgehead atoms. The van der Waals surface area contributed by atoms with E-state index in [4.69, 9.17) is 5.11 Å². The fraction of sp³-hybridized carbons (Fsp3) is 0.250. The average Bonchev–Trinajstić information content (AvgIpc) is 2.31. The molecule has 19 heavy (non-hydrogen) atoms.